The summed E-state index contributed by atoms with van der Waals surface area (Å²) in [5, 5.41) is 3.45. The summed E-state index contributed by atoms with van der Waals surface area (Å²) in [7, 11) is 0. The van der Waals surface area contributed by atoms with Gasteiger partial charge in [0.15, 0.2) is 16.6 Å². The zero-order chi connectivity index (χ0) is 19.6. The number of fused-ring (bicyclic) bond motifs is 2. The highest BCUT2D eigenvalue weighted by Crippen LogP contribution is 2.37. The Kier molecular flexibility index (Phi) is 4.62. The zero-order valence-corrected chi connectivity index (χ0v) is 16.4. The van der Waals surface area contributed by atoms with Crippen LogP contribution in [-0.2, 0) is 6.42 Å². The molecule has 4 aromatic rings. The number of benzene rings is 3. The van der Waals surface area contributed by atoms with E-state index in [1.54, 1.807) is 0 Å². The Hall–Kier alpha value is -3.38. The third-order valence-corrected chi connectivity index (χ3v) is 5.67. The van der Waals surface area contributed by atoms with Crippen LogP contribution in [0.2, 0.25) is 0 Å². The second-order valence-electron chi connectivity index (χ2n) is 6.80. The van der Waals surface area contributed by atoms with Crippen LogP contribution < -0.4 is 14.8 Å². The molecular formula is C23H18N2O3S. The molecule has 6 heteroatoms. The molecule has 0 unspecified atom stereocenters. The number of carbonyl (C=O) groups is 1. The highest BCUT2D eigenvalue weighted by Gasteiger charge is 2.16. The van der Waals surface area contributed by atoms with Crippen LogP contribution in [0.25, 0.3) is 10.2 Å². The fraction of sp³-hybridized carbons (Fsp3) is 0.130. The van der Waals surface area contributed by atoms with Crippen molar-refractivity contribution >= 4 is 32.6 Å². The molecule has 1 aliphatic rings. The van der Waals surface area contributed by atoms with Crippen LogP contribution in [0.15, 0.2) is 66.7 Å². The molecule has 29 heavy (non-hydrogen) atoms. The summed E-state index contributed by atoms with van der Waals surface area (Å²) >= 11 is 1.42. The van der Waals surface area contributed by atoms with E-state index in [1.165, 1.54) is 22.5 Å². The van der Waals surface area contributed by atoms with E-state index >= 15 is 0 Å². The Bertz CT molecular complexity index is 1130. The number of ether oxygens (including phenoxy) is 2. The van der Waals surface area contributed by atoms with Crippen LogP contribution in [0.4, 0.5) is 5.13 Å². The van der Waals surface area contributed by atoms with E-state index in [0.29, 0.717) is 29.7 Å². The largest absolute Gasteiger partial charge is 0.486 e. The van der Waals surface area contributed by atoms with Gasteiger partial charge in [-0.25, -0.2) is 4.98 Å². The van der Waals surface area contributed by atoms with Crippen molar-refractivity contribution in [2.45, 2.75) is 6.42 Å². The lowest BCUT2D eigenvalue weighted by Gasteiger charge is -2.17. The maximum atomic E-state index is 12.6. The van der Waals surface area contributed by atoms with Gasteiger partial charge in [-0.2, -0.15) is 0 Å². The van der Waals surface area contributed by atoms with E-state index in [9.17, 15) is 4.79 Å². The van der Waals surface area contributed by atoms with Crippen LogP contribution in [0.3, 0.4) is 0 Å². The van der Waals surface area contributed by atoms with Crippen molar-refractivity contribution in [3.63, 3.8) is 0 Å². The minimum atomic E-state index is -0.174. The first-order chi connectivity index (χ1) is 14.2. The molecular weight excluding hydrogens is 384 g/mol. The Morgan fingerprint density at radius 1 is 0.931 bits per heavy atom. The molecule has 1 N–H and O–H groups in total. The number of rotatable bonds is 4. The van der Waals surface area contributed by atoms with Gasteiger partial charge in [-0.3, -0.25) is 10.1 Å². The number of carbonyl (C=O) groups excluding carboxylic acids is 1. The molecule has 0 saturated carbocycles. The summed E-state index contributed by atoms with van der Waals surface area (Å²) in [6.07, 6.45) is 0.843. The first kappa shape index (κ1) is 17.7. The lowest BCUT2D eigenvalue weighted by atomic mass is 10.0. The van der Waals surface area contributed by atoms with E-state index in [-0.39, 0.29) is 5.91 Å². The zero-order valence-electron chi connectivity index (χ0n) is 15.6. The molecule has 1 aliphatic heterocycles. The number of hydrogen-bond acceptors (Lipinski definition) is 5. The van der Waals surface area contributed by atoms with Crippen molar-refractivity contribution in [3.8, 4) is 11.5 Å². The molecule has 0 aliphatic carbocycles. The topological polar surface area (TPSA) is 60.5 Å². The summed E-state index contributed by atoms with van der Waals surface area (Å²) in [5.74, 6) is 1.24. The molecule has 0 bridgehead atoms. The van der Waals surface area contributed by atoms with E-state index in [0.717, 1.165) is 22.4 Å². The van der Waals surface area contributed by atoms with Gasteiger partial charge in [0.2, 0.25) is 0 Å². The van der Waals surface area contributed by atoms with E-state index in [4.69, 9.17) is 9.47 Å². The number of amides is 1. The predicted octanol–water partition coefficient (Wildman–Crippen LogP) is 4.91. The first-order valence-electron chi connectivity index (χ1n) is 9.39. The van der Waals surface area contributed by atoms with Crippen LogP contribution in [-0.4, -0.2) is 24.1 Å². The maximum absolute atomic E-state index is 12.6. The number of aromatic nitrogens is 1. The average Bonchev–Trinajstić information content (AvgIpc) is 3.14. The van der Waals surface area contributed by atoms with E-state index in [2.05, 4.69) is 22.4 Å². The van der Waals surface area contributed by atoms with Crippen molar-refractivity contribution in [1.29, 1.82) is 0 Å². The quantitative estimate of drug-likeness (QED) is 0.527. The van der Waals surface area contributed by atoms with Gasteiger partial charge in [0.1, 0.15) is 13.2 Å². The van der Waals surface area contributed by atoms with Crippen LogP contribution in [0.1, 0.15) is 21.5 Å². The molecule has 0 radical (unpaired) electrons. The van der Waals surface area contributed by atoms with E-state index in [1.807, 2.05) is 54.6 Å². The number of hydrogen-bond donors (Lipinski definition) is 1. The predicted molar refractivity (Wildman–Crippen MR) is 114 cm³/mol. The molecule has 2 heterocycles. The van der Waals surface area contributed by atoms with E-state index < -0.39 is 0 Å². The van der Waals surface area contributed by atoms with Gasteiger partial charge in [0.25, 0.3) is 5.91 Å². The highest BCUT2D eigenvalue weighted by molar-refractivity contribution is 7.22. The molecule has 0 saturated heterocycles. The minimum absolute atomic E-state index is 0.174. The molecule has 1 amide bonds. The number of thiazole rings is 1. The average molecular weight is 402 g/mol. The highest BCUT2D eigenvalue weighted by atomic mass is 32.1. The van der Waals surface area contributed by atoms with Gasteiger partial charge in [-0.05, 0) is 29.7 Å². The molecule has 3 aromatic carbocycles. The van der Waals surface area contributed by atoms with Crippen molar-refractivity contribution in [2.24, 2.45) is 0 Å². The SMILES string of the molecule is O=C(Nc1nc2cc3c(cc2s1)OCCO3)c1ccc(Cc2ccccc2)cc1. The standard InChI is InChI=1S/C23H18N2O3S/c26-22(17-8-6-16(7-9-17)12-15-4-2-1-3-5-15)25-23-24-18-13-19-20(14-21(18)29-23)28-11-10-27-19/h1-9,13-14H,10-12H2,(H,24,25,26). The summed E-state index contributed by atoms with van der Waals surface area (Å²) in [6, 6.07) is 21.7. The van der Waals surface area contributed by atoms with Crippen LogP contribution in [0.5, 0.6) is 11.5 Å². The van der Waals surface area contributed by atoms with Crippen molar-refractivity contribution in [2.75, 3.05) is 18.5 Å². The summed E-state index contributed by atoms with van der Waals surface area (Å²) in [4.78, 5) is 17.1. The van der Waals surface area contributed by atoms with Crippen molar-refractivity contribution in [3.05, 3.63) is 83.4 Å². The number of anilines is 1. The van der Waals surface area contributed by atoms with Gasteiger partial charge in [-0.1, -0.05) is 53.8 Å². The third-order valence-electron chi connectivity index (χ3n) is 4.74. The lowest BCUT2D eigenvalue weighted by molar-refractivity contribution is 0.102. The Morgan fingerprint density at radius 2 is 1.62 bits per heavy atom. The second-order valence-corrected chi connectivity index (χ2v) is 7.83. The molecule has 0 spiro atoms. The van der Waals surface area contributed by atoms with Crippen LogP contribution in [0, 0.1) is 0 Å². The van der Waals surface area contributed by atoms with Gasteiger partial charge >= 0.3 is 0 Å². The number of nitrogens with one attached hydrogen (secondary N) is 1. The van der Waals surface area contributed by atoms with Gasteiger partial charge in [0.05, 0.1) is 10.2 Å². The molecule has 0 atom stereocenters. The first-order valence-corrected chi connectivity index (χ1v) is 10.2. The Labute approximate surface area is 171 Å². The molecule has 5 nitrogen and oxygen atoms in total. The molecule has 0 fully saturated rings. The number of nitrogens with zero attached hydrogens (tertiary/aromatic N) is 1. The molecule has 1 aromatic heterocycles. The van der Waals surface area contributed by atoms with Crippen LogP contribution >= 0.6 is 11.3 Å². The van der Waals surface area contributed by atoms with Gasteiger partial charge in [0, 0.05) is 17.7 Å². The fourth-order valence-electron chi connectivity index (χ4n) is 3.29. The fourth-order valence-corrected chi connectivity index (χ4v) is 4.16. The smallest absolute Gasteiger partial charge is 0.257 e. The molecule has 144 valence electrons. The maximum Gasteiger partial charge on any atom is 0.257 e. The third kappa shape index (κ3) is 3.79. The van der Waals surface area contributed by atoms with Crippen molar-refractivity contribution in [1.82, 2.24) is 4.98 Å². The second kappa shape index (κ2) is 7.56. The lowest BCUT2D eigenvalue weighted by Crippen LogP contribution is -2.15. The van der Waals surface area contributed by atoms with Gasteiger partial charge in [-0.15, -0.1) is 0 Å². The Balaban J connectivity index is 1.31. The minimum Gasteiger partial charge on any atom is -0.486 e. The summed E-state index contributed by atoms with van der Waals surface area (Å²) in [5.41, 5.74) is 3.80. The van der Waals surface area contributed by atoms with Gasteiger partial charge < -0.3 is 9.47 Å². The van der Waals surface area contributed by atoms with Crippen molar-refractivity contribution < 1.29 is 14.3 Å². The summed E-state index contributed by atoms with van der Waals surface area (Å²) < 4.78 is 12.2. The monoisotopic (exact) mass is 402 g/mol. The Morgan fingerprint density at radius 3 is 2.38 bits per heavy atom. The molecule has 5 rings (SSSR count). The normalized spacial score (nSPS) is 12.7. The summed E-state index contributed by atoms with van der Waals surface area (Å²) in [6.45, 7) is 1.08.